The Kier molecular flexibility index (Phi) is 12.4. The maximum absolute atomic E-state index is 13.4. The molecule has 0 aliphatic heterocycles. The Morgan fingerprint density at radius 3 is 2.04 bits per heavy atom. The van der Waals surface area contributed by atoms with Gasteiger partial charge in [0, 0.05) is 25.7 Å². The SMILES string of the molecule is CCNC(=O)c1noc(-c2cc(C(C)C)c(OCc3ccccc3)cc2OCc2ccccc2)c1-c1ccc(CN(C)CCC(=O)OC)cc1. The Balaban J connectivity index is 1.57. The van der Waals surface area contributed by atoms with E-state index in [4.69, 9.17) is 18.7 Å². The van der Waals surface area contributed by atoms with Crippen LogP contribution in [0.15, 0.2) is 102 Å². The van der Waals surface area contributed by atoms with E-state index in [0.717, 1.165) is 27.8 Å². The molecule has 9 heteroatoms. The predicted octanol–water partition coefficient (Wildman–Crippen LogP) is 8.03. The van der Waals surface area contributed by atoms with Crippen molar-refractivity contribution < 1.29 is 28.3 Å². The van der Waals surface area contributed by atoms with Crippen LogP contribution in [-0.4, -0.2) is 49.2 Å². The van der Waals surface area contributed by atoms with Crippen LogP contribution in [0.3, 0.4) is 0 Å². The lowest BCUT2D eigenvalue weighted by atomic mass is 9.93. The van der Waals surface area contributed by atoms with Gasteiger partial charge in [0.15, 0.2) is 11.5 Å². The van der Waals surface area contributed by atoms with Gasteiger partial charge in [-0.05, 0) is 53.8 Å². The van der Waals surface area contributed by atoms with Gasteiger partial charge in [0.25, 0.3) is 5.91 Å². The second-order valence-electron chi connectivity index (χ2n) is 12.4. The van der Waals surface area contributed by atoms with Gasteiger partial charge >= 0.3 is 5.97 Å². The lowest BCUT2D eigenvalue weighted by Gasteiger charge is -2.19. The van der Waals surface area contributed by atoms with Gasteiger partial charge in [0.2, 0.25) is 0 Å². The normalized spacial score (nSPS) is 11.1. The summed E-state index contributed by atoms with van der Waals surface area (Å²) in [6, 6.07) is 31.9. The van der Waals surface area contributed by atoms with Crippen LogP contribution in [0.4, 0.5) is 0 Å². The van der Waals surface area contributed by atoms with E-state index in [1.807, 2.05) is 111 Å². The number of ether oxygens (including phenoxy) is 3. The number of amides is 1. The molecule has 1 N–H and O–H groups in total. The highest BCUT2D eigenvalue weighted by Crippen LogP contribution is 2.44. The minimum atomic E-state index is -0.331. The molecule has 5 rings (SSSR count). The van der Waals surface area contributed by atoms with Gasteiger partial charge < -0.3 is 29.0 Å². The molecule has 0 bridgehead atoms. The highest BCUT2D eigenvalue weighted by Gasteiger charge is 2.28. The molecule has 5 aromatic rings. The van der Waals surface area contributed by atoms with Crippen molar-refractivity contribution in [3.8, 4) is 33.9 Å². The number of carbonyl (C=O) groups excluding carboxylic acids is 2. The van der Waals surface area contributed by atoms with E-state index in [0.29, 0.717) is 67.7 Å². The summed E-state index contributed by atoms with van der Waals surface area (Å²) in [5.74, 6) is 1.21. The Hall–Kier alpha value is -5.41. The van der Waals surface area contributed by atoms with Crippen LogP contribution < -0.4 is 14.8 Å². The van der Waals surface area contributed by atoms with Crippen molar-refractivity contribution in [3.05, 3.63) is 125 Å². The fourth-order valence-corrected chi connectivity index (χ4v) is 5.61. The van der Waals surface area contributed by atoms with E-state index in [9.17, 15) is 9.59 Å². The van der Waals surface area contributed by atoms with E-state index < -0.39 is 0 Å². The minimum absolute atomic E-state index is 0.104. The lowest BCUT2D eigenvalue weighted by Crippen LogP contribution is -2.23. The standard InChI is InChI=1S/C41H45N3O6/c1-6-42-41(46)39-38(32-19-17-29(18-20-32)25-44(4)22-21-37(45)47-5)40(50-43-39)34-23-33(28(2)3)35(48-26-30-13-9-7-10-14-30)24-36(34)49-27-31-15-11-8-12-16-31/h7-20,23-24,28H,6,21-22,25-27H2,1-5H3,(H,42,46). The highest BCUT2D eigenvalue weighted by atomic mass is 16.5. The van der Waals surface area contributed by atoms with Crippen molar-refractivity contribution in [2.75, 3.05) is 27.2 Å². The molecule has 9 nitrogen and oxygen atoms in total. The molecule has 1 heterocycles. The van der Waals surface area contributed by atoms with Gasteiger partial charge in [-0.3, -0.25) is 9.59 Å². The first-order chi connectivity index (χ1) is 24.3. The van der Waals surface area contributed by atoms with Crippen LogP contribution in [0, 0.1) is 0 Å². The summed E-state index contributed by atoms with van der Waals surface area (Å²) in [5, 5.41) is 7.19. The van der Waals surface area contributed by atoms with Crippen molar-refractivity contribution in [1.29, 1.82) is 0 Å². The van der Waals surface area contributed by atoms with Gasteiger partial charge in [-0.25, -0.2) is 0 Å². The second-order valence-corrected chi connectivity index (χ2v) is 12.4. The third-order valence-electron chi connectivity index (χ3n) is 8.32. The molecule has 50 heavy (non-hydrogen) atoms. The van der Waals surface area contributed by atoms with E-state index in [1.165, 1.54) is 7.11 Å². The van der Waals surface area contributed by atoms with Gasteiger partial charge in [-0.1, -0.05) is 104 Å². The second kappa shape index (κ2) is 17.3. The predicted molar refractivity (Wildman–Crippen MR) is 194 cm³/mol. The van der Waals surface area contributed by atoms with Gasteiger partial charge in [-0.15, -0.1) is 0 Å². The van der Waals surface area contributed by atoms with Crippen molar-refractivity contribution in [2.45, 2.75) is 52.9 Å². The summed E-state index contributed by atoms with van der Waals surface area (Å²) in [4.78, 5) is 27.0. The molecule has 0 radical (unpaired) electrons. The summed E-state index contributed by atoms with van der Waals surface area (Å²) in [6.45, 7) is 8.45. The quantitative estimate of drug-likeness (QED) is 0.105. The minimum Gasteiger partial charge on any atom is -0.488 e. The fourth-order valence-electron chi connectivity index (χ4n) is 5.61. The smallest absolute Gasteiger partial charge is 0.306 e. The van der Waals surface area contributed by atoms with Crippen LogP contribution >= 0.6 is 0 Å². The molecule has 0 fully saturated rings. The van der Waals surface area contributed by atoms with Crippen molar-refractivity contribution in [1.82, 2.24) is 15.4 Å². The van der Waals surface area contributed by atoms with Crippen molar-refractivity contribution >= 4 is 11.9 Å². The van der Waals surface area contributed by atoms with Crippen molar-refractivity contribution in [3.63, 3.8) is 0 Å². The molecule has 0 atom stereocenters. The number of hydrogen-bond donors (Lipinski definition) is 1. The number of hydrogen-bond acceptors (Lipinski definition) is 8. The first kappa shape index (κ1) is 35.9. The van der Waals surface area contributed by atoms with E-state index in [1.54, 1.807) is 0 Å². The van der Waals surface area contributed by atoms with E-state index in [2.05, 4.69) is 29.2 Å². The topological polar surface area (TPSA) is 103 Å². The van der Waals surface area contributed by atoms with Crippen LogP contribution in [0.2, 0.25) is 0 Å². The summed E-state index contributed by atoms with van der Waals surface area (Å²) < 4.78 is 23.8. The summed E-state index contributed by atoms with van der Waals surface area (Å²) >= 11 is 0. The van der Waals surface area contributed by atoms with E-state index >= 15 is 0 Å². The molecule has 0 aliphatic rings. The number of esters is 1. The number of benzene rings is 4. The third-order valence-corrected chi connectivity index (χ3v) is 8.32. The maximum Gasteiger partial charge on any atom is 0.306 e. The number of rotatable bonds is 16. The molecule has 1 amide bonds. The Bertz CT molecular complexity index is 1850. The fraction of sp³-hybridized carbons (Fsp3) is 0.293. The zero-order chi connectivity index (χ0) is 35.5. The number of aromatic nitrogens is 1. The Morgan fingerprint density at radius 1 is 0.840 bits per heavy atom. The molecular formula is C41H45N3O6. The lowest BCUT2D eigenvalue weighted by molar-refractivity contribution is -0.140. The first-order valence-corrected chi connectivity index (χ1v) is 16.9. The summed E-state index contributed by atoms with van der Waals surface area (Å²) in [7, 11) is 3.35. The van der Waals surface area contributed by atoms with Crippen LogP contribution in [0.1, 0.15) is 65.9 Å². The molecule has 0 unspecified atom stereocenters. The molecule has 4 aromatic carbocycles. The monoisotopic (exact) mass is 675 g/mol. The van der Waals surface area contributed by atoms with Gasteiger partial charge in [-0.2, -0.15) is 0 Å². The number of methoxy groups -OCH3 is 1. The van der Waals surface area contributed by atoms with Crippen molar-refractivity contribution in [2.24, 2.45) is 0 Å². The summed E-state index contributed by atoms with van der Waals surface area (Å²) in [6.07, 6.45) is 0.314. The van der Waals surface area contributed by atoms with Crippen LogP contribution in [-0.2, 0) is 29.3 Å². The Labute approximate surface area is 294 Å². The molecule has 0 spiro atoms. The Morgan fingerprint density at radius 2 is 1.46 bits per heavy atom. The molecular weight excluding hydrogens is 630 g/mol. The molecule has 0 aliphatic carbocycles. The molecule has 260 valence electrons. The summed E-state index contributed by atoms with van der Waals surface area (Å²) in [5.41, 5.74) is 6.27. The maximum atomic E-state index is 13.4. The van der Waals surface area contributed by atoms with Crippen LogP contribution in [0.25, 0.3) is 22.5 Å². The number of carbonyl (C=O) groups is 2. The molecule has 1 aromatic heterocycles. The number of nitrogens with one attached hydrogen (secondary N) is 1. The average Bonchev–Trinajstić information content (AvgIpc) is 3.58. The largest absolute Gasteiger partial charge is 0.488 e. The number of nitrogens with zero attached hydrogens (tertiary/aromatic N) is 2. The average molecular weight is 676 g/mol. The zero-order valence-corrected chi connectivity index (χ0v) is 29.4. The zero-order valence-electron chi connectivity index (χ0n) is 29.4. The highest BCUT2D eigenvalue weighted by molar-refractivity contribution is 6.02. The third kappa shape index (κ3) is 9.18. The molecule has 0 saturated carbocycles. The molecule has 0 saturated heterocycles. The van der Waals surface area contributed by atoms with Gasteiger partial charge in [0.1, 0.15) is 24.7 Å². The van der Waals surface area contributed by atoms with E-state index in [-0.39, 0.29) is 23.5 Å². The van der Waals surface area contributed by atoms with Gasteiger partial charge in [0.05, 0.1) is 24.7 Å². The van der Waals surface area contributed by atoms with Crippen LogP contribution in [0.5, 0.6) is 11.5 Å². The first-order valence-electron chi connectivity index (χ1n) is 16.9.